The highest BCUT2D eigenvalue weighted by Crippen LogP contribution is 2.28. The Morgan fingerprint density at radius 2 is 1.88 bits per heavy atom. The van der Waals surface area contributed by atoms with Gasteiger partial charge in [0.25, 0.3) is 5.91 Å². The van der Waals surface area contributed by atoms with Crippen LogP contribution in [-0.2, 0) is 17.8 Å². The molecule has 0 atom stereocenters. The molecular weight excluding hydrogens is 500 g/mol. The molecule has 5 nitrogen and oxygen atoms in total. The molecule has 1 aliphatic heterocycles. The number of thiocarbonyl (C=S) groups is 1. The second-order valence-corrected chi connectivity index (χ2v) is 8.73. The fourth-order valence-corrected chi connectivity index (χ4v) is 4.34. The molecule has 33 heavy (non-hydrogen) atoms. The Hall–Kier alpha value is -3.16. The molecule has 1 fully saturated rings. The summed E-state index contributed by atoms with van der Waals surface area (Å²) in [5.74, 6) is 1.29. The van der Waals surface area contributed by atoms with E-state index in [4.69, 9.17) is 21.7 Å². The highest BCUT2D eigenvalue weighted by atomic mass is 79.9. The molecule has 0 spiro atoms. The third kappa shape index (κ3) is 5.10. The van der Waals surface area contributed by atoms with E-state index in [9.17, 15) is 4.79 Å². The zero-order valence-corrected chi connectivity index (χ0v) is 20.7. The maximum absolute atomic E-state index is 13.2. The summed E-state index contributed by atoms with van der Waals surface area (Å²) in [5.41, 5.74) is 4.01. The Bertz CT molecular complexity index is 1240. The quantitative estimate of drug-likeness (QED) is 0.311. The van der Waals surface area contributed by atoms with E-state index in [1.165, 1.54) is 0 Å². The van der Waals surface area contributed by atoms with E-state index in [0.29, 0.717) is 23.2 Å². The number of benzene rings is 3. The van der Waals surface area contributed by atoms with Gasteiger partial charge in [0.2, 0.25) is 0 Å². The van der Waals surface area contributed by atoms with Gasteiger partial charge in [-0.25, -0.2) is 0 Å². The van der Waals surface area contributed by atoms with Gasteiger partial charge in [0.15, 0.2) is 5.11 Å². The lowest BCUT2D eigenvalue weighted by Gasteiger charge is -2.17. The van der Waals surface area contributed by atoms with Crippen molar-refractivity contribution in [1.82, 2.24) is 5.32 Å². The largest absolute Gasteiger partial charge is 0.496 e. The van der Waals surface area contributed by atoms with E-state index in [1.54, 1.807) is 18.1 Å². The molecule has 0 unspecified atom stereocenters. The van der Waals surface area contributed by atoms with Crippen LogP contribution < -0.4 is 19.7 Å². The van der Waals surface area contributed by atoms with Gasteiger partial charge < -0.3 is 14.8 Å². The van der Waals surface area contributed by atoms with Gasteiger partial charge in [-0.2, -0.15) is 0 Å². The van der Waals surface area contributed by atoms with E-state index in [-0.39, 0.29) is 5.91 Å². The smallest absolute Gasteiger partial charge is 0.281 e. The van der Waals surface area contributed by atoms with Gasteiger partial charge >= 0.3 is 0 Å². The molecule has 1 N–H and O–H groups in total. The molecule has 0 aromatic heterocycles. The molecule has 168 valence electrons. The van der Waals surface area contributed by atoms with Crippen molar-refractivity contribution in [3.05, 3.63) is 93.6 Å². The van der Waals surface area contributed by atoms with Gasteiger partial charge in [0.1, 0.15) is 23.8 Å². The Morgan fingerprint density at radius 1 is 1.06 bits per heavy atom. The van der Waals surface area contributed by atoms with Crippen LogP contribution in [0.2, 0.25) is 0 Å². The topological polar surface area (TPSA) is 50.8 Å². The monoisotopic (exact) mass is 522 g/mol. The van der Waals surface area contributed by atoms with E-state index >= 15 is 0 Å². The average molecular weight is 523 g/mol. The zero-order valence-electron chi connectivity index (χ0n) is 18.3. The first-order valence-corrected chi connectivity index (χ1v) is 11.7. The van der Waals surface area contributed by atoms with Crippen LogP contribution in [0.25, 0.3) is 6.08 Å². The predicted octanol–water partition coefficient (Wildman–Crippen LogP) is 5.86. The lowest BCUT2D eigenvalue weighted by atomic mass is 10.1. The summed E-state index contributed by atoms with van der Waals surface area (Å²) in [5, 5.41) is 3.44. The number of aryl methyl sites for hydroxylation is 1. The fourth-order valence-electron chi connectivity index (χ4n) is 3.67. The molecular formula is C26H23BrN2O3S. The maximum atomic E-state index is 13.2. The Balaban J connectivity index is 1.59. The van der Waals surface area contributed by atoms with Gasteiger partial charge in [-0.15, -0.1) is 0 Å². The Morgan fingerprint density at radius 3 is 2.64 bits per heavy atom. The number of anilines is 1. The Labute approximate surface area is 207 Å². The first kappa shape index (κ1) is 23.0. The number of para-hydroxylation sites is 1. The third-order valence-corrected chi connectivity index (χ3v) is 6.08. The van der Waals surface area contributed by atoms with E-state index in [1.807, 2.05) is 66.7 Å². The number of ether oxygens (including phenoxy) is 2. The van der Waals surface area contributed by atoms with Crippen molar-refractivity contribution < 1.29 is 14.3 Å². The van der Waals surface area contributed by atoms with E-state index in [2.05, 4.69) is 28.2 Å². The van der Waals surface area contributed by atoms with E-state index < -0.39 is 0 Å². The molecule has 3 aromatic carbocycles. The third-order valence-electron chi connectivity index (χ3n) is 5.30. The minimum absolute atomic E-state index is 0.177. The standard InChI is InChI=1S/C26H23BrN2O3S/c1-3-18-7-4-5-10-23(18)29-25(30)22(28-26(29)33)14-17-11-12-24(31-2)19(13-17)16-32-21-9-6-8-20(27)15-21/h4-15H,3,16H2,1-2H3,(H,28,33)/b22-14+. The van der Waals surface area contributed by atoms with Gasteiger partial charge in [-0.1, -0.05) is 53.2 Å². The summed E-state index contributed by atoms with van der Waals surface area (Å²) in [6.07, 6.45) is 2.60. The highest BCUT2D eigenvalue weighted by molar-refractivity contribution is 9.10. The number of nitrogens with one attached hydrogen (secondary N) is 1. The summed E-state index contributed by atoms with van der Waals surface area (Å²) in [6, 6.07) is 21.2. The molecule has 0 aliphatic carbocycles. The number of halogens is 1. The minimum Gasteiger partial charge on any atom is -0.496 e. The normalized spacial score (nSPS) is 14.5. The van der Waals surface area contributed by atoms with Gasteiger partial charge in [0, 0.05) is 10.0 Å². The molecule has 7 heteroatoms. The average Bonchev–Trinajstić information content (AvgIpc) is 3.10. The van der Waals surface area contributed by atoms with Crippen molar-refractivity contribution in [1.29, 1.82) is 0 Å². The van der Waals surface area contributed by atoms with Crippen LogP contribution in [-0.4, -0.2) is 18.1 Å². The number of hydrogen-bond donors (Lipinski definition) is 1. The molecule has 0 bridgehead atoms. The second-order valence-electron chi connectivity index (χ2n) is 7.43. The minimum atomic E-state index is -0.177. The molecule has 0 saturated carbocycles. The summed E-state index contributed by atoms with van der Waals surface area (Å²) >= 11 is 8.93. The van der Waals surface area contributed by atoms with Gasteiger partial charge in [0.05, 0.1) is 12.8 Å². The lowest BCUT2D eigenvalue weighted by Crippen LogP contribution is -2.31. The summed E-state index contributed by atoms with van der Waals surface area (Å²) < 4.78 is 12.4. The number of rotatable bonds is 7. The number of carbonyl (C=O) groups excluding carboxylic acids is 1. The van der Waals surface area contributed by atoms with Crippen LogP contribution in [0.4, 0.5) is 5.69 Å². The SMILES string of the molecule is CCc1ccccc1N1C(=O)/C(=C\c2ccc(OC)c(COc3cccc(Br)c3)c2)NC1=S. The second kappa shape index (κ2) is 10.2. The Kier molecular flexibility index (Phi) is 7.11. The molecule has 1 heterocycles. The number of methoxy groups -OCH3 is 1. The molecule has 1 aliphatic rings. The number of carbonyl (C=O) groups is 1. The van der Waals surface area contributed by atoms with Crippen LogP contribution in [0.1, 0.15) is 23.6 Å². The van der Waals surface area contributed by atoms with Crippen LogP contribution in [0.3, 0.4) is 0 Å². The van der Waals surface area contributed by atoms with Crippen molar-refractivity contribution >= 4 is 50.9 Å². The van der Waals surface area contributed by atoms with Crippen LogP contribution in [0, 0.1) is 0 Å². The molecule has 3 aromatic rings. The summed E-state index contributed by atoms with van der Waals surface area (Å²) in [6.45, 7) is 2.38. The first-order valence-electron chi connectivity index (χ1n) is 10.5. The van der Waals surface area contributed by atoms with Crippen molar-refractivity contribution in [2.45, 2.75) is 20.0 Å². The van der Waals surface area contributed by atoms with E-state index in [0.717, 1.165) is 39.0 Å². The van der Waals surface area contributed by atoms with Crippen molar-refractivity contribution in [2.75, 3.05) is 12.0 Å². The fraction of sp³-hybridized carbons (Fsp3) is 0.154. The molecule has 0 radical (unpaired) electrons. The van der Waals surface area contributed by atoms with Crippen molar-refractivity contribution in [3.63, 3.8) is 0 Å². The number of amides is 1. The van der Waals surface area contributed by atoms with Crippen molar-refractivity contribution in [3.8, 4) is 11.5 Å². The number of nitrogens with zero attached hydrogens (tertiary/aromatic N) is 1. The zero-order chi connectivity index (χ0) is 23.4. The lowest BCUT2D eigenvalue weighted by molar-refractivity contribution is -0.113. The predicted molar refractivity (Wildman–Crippen MR) is 138 cm³/mol. The molecule has 1 saturated heterocycles. The number of hydrogen-bond acceptors (Lipinski definition) is 4. The van der Waals surface area contributed by atoms with Crippen molar-refractivity contribution in [2.24, 2.45) is 0 Å². The highest BCUT2D eigenvalue weighted by Gasteiger charge is 2.32. The molecule has 4 rings (SSSR count). The van der Waals surface area contributed by atoms with Crippen LogP contribution >= 0.6 is 28.1 Å². The van der Waals surface area contributed by atoms with Gasteiger partial charge in [-0.05, 0) is 72.2 Å². The first-order chi connectivity index (χ1) is 16.0. The van der Waals surface area contributed by atoms with Crippen LogP contribution in [0.5, 0.6) is 11.5 Å². The summed E-state index contributed by atoms with van der Waals surface area (Å²) in [7, 11) is 1.62. The summed E-state index contributed by atoms with van der Waals surface area (Å²) in [4.78, 5) is 14.7. The maximum Gasteiger partial charge on any atom is 0.281 e. The van der Waals surface area contributed by atoms with Crippen LogP contribution in [0.15, 0.2) is 76.9 Å². The van der Waals surface area contributed by atoms with Gasteiger partial charge in [-0.3, -0.25) is 9.69 Å². The molecule has 1 amide bonds.